The number of nitrogens with zero attached hydrogens (tertiary/aromatic N) is 3. The van der Waals surface area contributed by atoms with Gasteiger partial charge in [0.25, 0.3) is 5.91 Å². The molecule has 1 saturated heterocycles. The maximum Gasteiger partial charge on any atom is 0.434 e. The van der Waals surface area contributed by atoms with Gasteiger partial charge in [-0.3, -0.25) is 13.9 Å². The van der Waals surface area contributed by atoms with Gasteiger partial charge in [0.05, 0.1) is 22.7 Å². The lowest BCUT2D eigenvalue weighted by molar-refractivity contribution is -0.211. The van der Waals surface area contributed by atoms with E-state index in [2.05, 4.69) is 15.3 Å². The summed E-state index contributed by atoms with van der Waals surface area (Å²) < 4.78 is 91.4. The second-order valence-electron chi connectivity index (χ2n) is 10.4. The summed E-state index contributed by atoms with van der Waals surface area (Å²) in [6, 6.07) is 0. The average molecular weight is 513 g/mol. The van der Waals surface area contributed by atoms with Gasteiger partial charge in [0, 0.05) is 56.9 Å². The predicted molar refractivity (Wildman–Crippen MR) is 112 cm³/mol. The Labute approximate surface area is 193 Å². The van der Waals surface area contributed by atoms with Crippen molar-refractivity contribution in [3.63, 3.8) is 0 Å². The van der Waals surface area contributed by atoms with E-state index in [-0.39, 0.29) is 63.1 Å². The largest absolute Gasteiger partial charge is 0.434 e. The molecule has 0 radical (unpaired) electrons. The fraction of sp³-hybridized carbons (Fsp3) is 0.750. The van der Waals surface area contributed by atoms with Gasteiger partial charge >= 0.3 is 6.18 Å². The third-order valence-electron chi connectivity index (χ3n) is 7.23. The number of nitrogens with one attached hydrogen (secondary N) is 1. The van der Waals surface area contributed by atoms with E-state index in [1.54, 1.807) is 0 Å². The van der Waals surface area contributed by atoms with Crippen molar-refractivity contribution in [2.24, 2.45) is 0 Å². The van der Waals surface area contributed by atoms with Gasteiger partial charge < -0.3 is 15.3 Å². The van der Waals surface area contributed by atoms with E-state index in [1.807, 2.05) is 0 Å². The van der Waals surface area contributed by atoms with E-state index >= 15 is 8.78 Å². The minimum absolute atomic E-state index is 0.0527. The molecule has 2 atom stereocenters. The molecule has 1 amide bonds. The first-order chi connectivity index (χ1) is 15.5. The van der Waals surface area contributed by atoms with Gasteiger partial charge in [-0.2, -0.15) is 23.8 Å². The number of carbonyl (C=O) groups excluding carboxylic acids is 1. The first kappa shape index (κ1) is 23.9. The maximum atomic E-state index is 15.3. The van der Waals surface area contributed by atoms with E-state index in [0.29, 0.717) is 0 Å². The monoisotopic (exact) mass is 512 g/mol. The van der Waals surface area contributed by atoms with E-state index in [9.17, 15) is 32.2 Å². The van der Waals surface area contributed by atoms with E-state index in [4.69, 9.17) is 0 Å². The van der Waals surface area contributed by atoms with Crippen LogP contribution in [0.5, 0.6) is 0 Å². The Morgan fingerprint density at radius 1 is 1.03 bits per heavy atom. The average Bonchev–Trinajstić information content (AvgIpc) is 2.62. The smallest absolute Gasteiger partial charge is 0.390 e. The molecule has 4 saturated carbocycles. The van der Waals surface area contributed by atoms with Crippen molar-refractivity contribution < 1.29 is 41.0 Å². The molecule has 14 heteroatoms. The molecule has 2 heterocycles. The highest BCUT2D eigenvalue weighted by atomic mass is 32.3. The Kier molecular flexibility index (Phi) is 5.03. The van der Waals surface area contributed by atoms with Crippen molar-refractivity contribution in [1.82, 2.24) is 14.9 Å². The standard InChI is InChI=1S/C20H25F5N4O4S/c21-16-6-17(22)8-18(7-16,11-19(31,9-16)10-17)28-15-26-5-12(13(27-15)20(23,24)25)14(30)29-1-3-34(32,33)4-2-29/h5,31-33H,1-4,6-11H2,(H,26,27,28). The number of alkyl halides is 5. The zero-order chi connectivity index (χ0) is 24.8. The first-order valence-corrected chi connectivity index (χ1v) is 12.8. The van der Waals surface area contributed by atoms with Crippen LogP contribution in [0.1, 0.15) is 54.6 Å². The van der Waals surface area contributed by atoms with Gasteiger partial charge in [-0.1, -0.05) is 0 Å². The third kappa shape index (κ3) is 4.22. The van der Waals surface area contributed by atoms with Crippen LogP contribution in [0, 0.1) is 0 Å². The van der Waals surface area contributed by atoms with Gasteiger partial charge in [-0.05, 0) is 6.42 Å². The van der Waals surface area contributed by atoms with Gasteiger partial charge in [0.15, 0.2) is 5.69 Å². The number of hydrogen-bond acceptors (Lipinski definition) is 7. The molecule has 1 aromatic heterocycles. The van der Waals surface area contributed by atoms with E-state index in [1.165, 1.54) is 0 Å². The minimum Gasteiger partial charge on any atom is -0.390 e. The predicted octanol–water partition coefficient (Wildman–Crippen LogP) is 3.38. The molecular weight excluding hydrogens is 487 g/mol. The molecule has 1 aliphatic heterocycles. The number of halogens is 5. The Bertz CT molecular complexity index is 977. The van der Waals surface area contributed by atoms with Crippen molar-refractivity contribution in [1.29, 1.82) is 0 Å². The normalized spacial score (nSPS) is 39.7. The summed E-state index contributed by atoms with van der Waals surface area (Å²) in [6.45, 7) is -0.255. The summed E-state index contributed by atoms with van der Waals surface area (Å²) in [5.74, 6) is -1.80. The van der Waals surface area contributed by atoms with Crippen LogP contribution in [0.4, 0.5) is 27.9 Å². The molecule has 5 aliphatic rings. The summed E-state index contributed by atoms with van der Waals surface area (Å²) >= 11 is 0. The number of hydrogen-bond donors (Lipinski definition) is 4. The van der Waals surface area contributed by atoms with Crippen molar-refractivity contribution >= 4 is 22.4 Å². The summed E-state index contributed by atoms with van der Waals surface area (Å²) in [6.07, 6.45) is -5.56. The molecule has 4 N–H and O–H groups in total. The van der Waals surface area contributed by atoms with Crippen LogP contribution in [-0.4, -0.2) is 82.1 Å². The van der Waals surface area contributed by atoms with Crippen LogP contribution in [-0.2, 0) is 6.18 Å². The van der Waals surface area contributed by atoms with Gasteiger partial charge in [0.1, 0.15) is 11.3 Å². The van der Waals surface area contributed by atoms with Crippen LogP contribution < -0.4 is 5.32 Å². The van der Waals surface area contributed by atoms with Crippen molar-refractivity contribution in [3.8, 4) is 0 Å². The van der Waals surface area contributed by atoms with Gasteiger partial charge in [0.2, 0.25) is 5.95 Å². The SMILES string of the molecule is O=C(c1cnc(NC23CC4(O)CC(F)(CC(F)(C4)C2)C3)nc1C(F)(F)F)N1CCS(O)(O)CC1. The molecular formula is C20H25F5N4O4S. The molecule has 5 fully saturated rings. The molecule has 0 spiro atoms. The third-order valence-corrected chi connectivity index (χ3v) is 8.90. The van der Waals surface area contributed by atoms with Crippen LogP contribution in [0.3, 0.4) is 0 Å². The second-order valence-corrected chi connectivity index (χ2v) is 12.9. The molecule has 6 rings (SSSR count). The maximum absolute atomic E-state index is 15.3. The van der Waals surface area contributed by atoms with Crippen LogP contribution >= 0.6 is 10.6 Å². The summed E-state index contributed by atoms with van der Waals surface area (Å²) in [5, 5.41) is 13.4. The Morgan fingerprint density at radius 3 is 2.15 bits per heavy atom. The number of carbonyl (C=O) groups is 1. The highest BCUT2D eigenvalue weighted by molar-refractivity contribution is 8.24. The summed E-state index contributed by atoms with van der Waals surface area (Å²) in [4.78, 5) is 21.2. The molecule has 4 aliphatic carbocycles. The first-order valence-electron chi connectivity index (χ1n) is 10.9. The lowest BCUT2D eigenvalue weighted by Crippen LogP contribution is -2.71. The van der Waals surface area contributed by atoms with Gasteiger partial charge in [-0.25, -0.2) is 18.7 Å². The topological polar surface area (TPSA) is 119 Å². The Morgan fingerprint density at radius 2 is 1.62 bits per heavy atom. The van der Waals surface area contributed by atoms with E-state index in [0.717, 1.165) is 11.1 Å². The number of anilines is 1. The zero-order valence-corrected chi connectivity index (χ0v) is 18.9. The minimum atomic E-state index is -5.02. The highest BCUT2D eigenvalue weighted by Crippen LogP contribution is 2.64. The molecule has 0 aromatic carbocycles. The summed E-state index contributed by atoms with van der Waals surface area (Å²) in [7, 11) is -2.86. The number of aromatic nitrogens is 2. The number of aliphatic hydroxyl groups is 1. The van der Waals surface area contributed by atoms with Crippen LogP contribution in [0.25, 0.3) is 0 Å². The Hall–Kier alpha value is -1.77. The van der Waals surface area contributed by atoms with Gasteiger partial charge in [-0.15, -0.1) is 0 Å². The lowest BCUT2D eigenvalue weighted by Gasteiger charge is -2.64. The van der Waals surface area contributed by atoms with Crippen LogP contribution in [0.15, 0.2) is 6.20 Å². The lowest BCUT2D eigenvalue weighted by atomic mass is 9.48. The summed E-state index contributed by atoms with van der Waals surface area (Å²) in [5.41, 5.74) is -9.25. The zero-order valence-electron chi connectivity index (χ0n) is 18.0. The van der Waals surface area contributed by atoms with Crippen molar-refractivity contribution in [2.45, 2.75) is 67.2 Å². The highest BCUT2D eigenvalue weighted by Gasteiger charge is 2.70. The molecule has 1 aromatic rings. The van der Waals surface area contributed by atoms with Crippen LogP contribution in [0.2, 0.25) is 0 Å². The number of amides is 1. The fourth-order valence-electron chi connectivity index (χ4n) is 6.62. The molecule has 4 bridgehead atoms. The second kappa shape index (κ2) is 7.14. The Balaban J connectivity index is 1.44. The molecule has 2 unspecified atom stereocenters. The van der Waals surface area contributed by atoms with Crippen molar-refractivity contribution in [3.05, 3.63) is 17.5 Å². The molecule has 34 heavy (non-hydrogen) atoms. The molecule has 190 valence electrons. The van der Waals surface area contributed by atoms with E-state index < -0.39 is 62.4 Å². The number of rotatable bonds is 3. The van der Waals surface area contributed by atoms with Crippen molar-refractivity contribution in [2.75, 3.05) is 29.9 Å². The quantitative estimate of drug-likeness (QED) is 0.459. The molecule has 8 nitrogen and oxygen atoms in total. The fourth-order valence-corrected chi connectivity index (χ4v) is 7.85.